The van der Waals surface area contributed by atoms with Crippen molar-refractivity contribution in [3.8, 4) is 5.75 Å². The highest BCUT2D eigenvalue weighted by atomic mass is 16.5. The normalized spacial score (nSPS) is 13.8. The number of rotatable bonds is 5. The Labute approximate surface area is 176 Å². The summed E-state index contributed by atoms with van der Waals surface area (Å²) in [5.74, 6) is 0.886. The van der Waals surface area contributed by atoms with Crippen LogP contribution in [-0.2, 0) is 0 Å². The van der Waals surface area contributed by atoms with Gasteiger partial charge in [-0.3, -0.25) is 4.79 Å². The lowest BCUT2D eigenvalue weighted by molar-refractivity contribution is 0.0741. The minimum Gasteiger partial charge on any atom is -0.495 e. The highest BCUT2D eigenvalue weighted by Crippen LogP contribution is 2.28. The van der Waals surface area contributed by atoms with Gasteiger partial charge >= 0.3 is 0 Å². The van der Waals surface area contributed by atoms with Crippen LogP contribution >= 0.6 is 0 Å². The summed E-state index contributed by atoms with van der Waals surface area (Å²) in [6, 6.07) is 21.3. The number of nitrogens with two attached hydrogens (primary N) is 1. The van der Waals surface area contributed by atoms with Crippen molar-refractivity contribution in [1.82, 2.24) is 9.88 Å². The van der Waals surface area contributed by atoms with Crippen molar-refractivity contribution in [3.63, 3.8) is 0 Å². The molecule has 0 atom stereocenters. The van der Waals surface area contributed by atoms with Gasteiger partial charge in [0.05, 0.1) is 12.8 Å². The smallest absolute Gasteiger partial charge is 0.272 e. The number of carbonyl (C=O) groups excluding carboxylic acids is 1. The molecule has 0 spiro atoms. The first-order valence-corrected chi connectivity index (χ1v) is 9.91. The van der Waals surface area contributed by atoms with Gasteiger partial charge in [0, 0.05) is 43.6 Å². The van der Waals surface area contributed by atoms with Crippen LogP contribution in [0.3, 0.4) is 0 Å². The number of ether oxygens (including phenoxy) is 1. The predicted molar refractivity (Wildman–Crippen MR) is 119 cm³/mol. The molecule has 1 fully saturated rings. The van der Waals surface area contributed by atoms with E-state index in [2.05, 4.69) is 27.3 Å². The molecule has 0 bridgehead atoms. The third-order valence-corrected chi connectivity index (χ3v) is 5.14. The molecule has 1 saturated heterocycles. The number of benzene rings is 2. The van der Waals surface area contributed by atoms with E-state index in [0.717, 1.165) is 18.8 Å². The molecular formula is C23H25N5O2. The van der Waals surface area contributed by atoms with Gasteiger partial charge in [-0.05, 0) is 30.3 Å². The Hall–Kier alpha value is -3.74. The number of methoxy groups -OCH3 is 1. The van der Waals surface area contributed by atoms with Gasteiger partial charge in [-0.15, -0.1) is 0 Å². The van der Waals surface area contributed by atoms with Crippen LogP contribution in [0.25, 0.3) is 0 Å². The first-order valence-electron chi connectivity index (χ1n) is 9.91. The van der Waals surface area contributed by atoms with E-state index in [1.807, 2.05) is 47.4 Å². The van der Waals surface area contributed by atoms with Crippen LogP contribution in [0.5, 0.6) is 5.75 Å². The van der Waals surface area contributed by atoms with Crippen LogP contribution in [0, 0.1) is 0 Å². The Bertz CT molecular complexity index is 1020. The second-order valence-corrected chi connectivity index (χ2v) is 7.11. The quantitative estimate of drug-likeness (QED) is 0.680. The number of nitrogens with zero attached hydrogens (tertiary/aromatic N) is 3. The molecule has 7 nitrogen and oxygen atoms in total. The number of amides is 1. The molecule has 0 aliphatic carbocycles. The van der Waals surface area contributed by atoms with E-state index in [0.29, 0.717) is 36.0 Å². The molecule has 4 rings (SSSR count). The second-order valence-electron chi connectivity index (χ2n) is 7.11. The van der Waals surface area contributed by atoms with Gasteiger partial charge in [0.25, 0.3) is 5.91 Å². The molecule has 7 heteroatoms. The maximum atomic E-state index is 13.1. The van der Waals surface area contributed by atoms with Gasteiger partial charge < -0.3 is 25.6 Å². The summed E-state index contributed by atoms with van der Waals surface area (Å²) < 4.78 is 5.38. The third-order valence-electron chi connectivity index (χ3n) is 5.14. The molecule has 154 valence electrons. The summed E-state index contributed by atoms with van der Waals surface area (Å²) in [6.07, 6.45) is 0. The van der Waals surface area contributed by atoms with Gasteiger partial charge in [-0.1, -0.05) is 30.3 Å². The molecule has 3 N–H and O–H groups in total. The summed E-state index contributed by atoms with van der Waals surface area (Å²) in [5, 5.41) is 3.27. The summed E-state index contributed by atoms with van der Waals surface area (Å²) in [4.78, 5) is 21.4. The molecular weight excluding hydrogens is 378 g/mol. The number of pyridine rings is 1. The monoisotopic (exact) mass is 403 g/mol. The zero-order valence-electron chi connectivity index (χ0n) is 16.9. The van der Waals surface area contributed by atoms with Crippen LogP contribution in [-0.4, -0.2) is 49.1 Å². The van der Waals surface area contributed by atoms with E-state index >= 15 is 0 Å². The molecule has 1 aliphatic rings. The average molecular weight is 403 g/mol. The molecule has 0 unspecified atom stereocenters. The van der Waals surface area contributed by atoms with Gasteiger partial charge in [-0.25, -0.2) is 4.98 Å². The molecule has 2 aromatic carbocycles. The van der Waals surface area contributed by atoms with Crippen LogP contribution in [0.2, 0.25) is 0 Å². The minimum atomic E-state index is -0.113. The average Bonchev–Trinajstić information content (AvgIpc) is 2.79. The lowest BCUT2D eigenvalue weighted by Crippen LogP contribution is -2.49. The van der Waals surface area contributed by atoms with Gasteiger partial charge in [0.1, 0.15) is 17.3 Å². The number of carbonyl (C=O) groups is 1. The number of aromatic nitrogens is 1. The summed E-state index contributed by atoms with van der Waals surface area (Å²) in [7, 11) is 1.62. The largest absolute Gasteiger partial charge is 0.495 e. The van der Waals surface area contributed by atoms with Crippen molar-refractivity contribution < 1.29 is 9.53 Å². The number of anilines is 4. The number of nitrogen functional groups attached to an aromatic ring is 1. The maximum Gasteiger partial charge on any atom is 0.272 e. The van der Waals surface area contributed by atoms with Crippen LogP contribution < -0.4 is 20.7 Å². The van der Waals surface area contributed by atoms with E-state index < -0.39 is 0 Å². The molecule has 3 aromatic rings. The van der Waals surface area contributed by atoms with E-state index in [1.165, 1.54) is 5.69 Å². The minimum absolute atomic E-state index is 0.113. The highest BCUT2D eigenvalue weighted by molar-refractivity contribution is 5.94. The number of para-hydroxylation sites is 3. The molecule has 0 radical (unpaired) electrons. The number of hydrogen-bond acceptors (Lipinski definition) is 6. The zero-order valence-corrected chi connectivity index (χ0v) is 16.9. The van der Waals surface area contributed by atoms with Crippen molar-refractivity contribution in [2.45, 2.75) is 0 Å². The van der Waals surface area contributed by atoms with E-state index in [-0.39, 0.29) is 5.91 Å². The van der Waals surface area contributed by atoms with E-state index in [1.54, 1.807) is 19.2 Å². The lowest BCUT2D eigenvalue weighted by Gasteiger charge is -2.36. The second kappa shape index (κ2) is 8.73. The molecule has 1 aliphatic heterocycles. The first kappa shape index (κ1) is 19.6. The third kappa shape index (κ3) is 4.30. The predicted octanol–water partition coefficient (Wildman–Crippen LogP) is 3.38. The van der Waals surface area contributed by atoms with Crippen molar-refractivity contribution >= 4 is 28.8 Å². The number of nitrogens with one attached hydrogen (secondary N) is 1. The Balaban J connectivity index is 1.47. The van der Waals surface area contributed by atoms with Gasteiger partial charge in [-0.2, -0.15) is 0 Å². The Morgan fingerprint density at radius 1 is 1.00 bits per heavy atom. The highest BCUT2D eigenvalue weighted by Gasteiger charge is 2.23. The van der Waals surface area contributed by atoms with Gasteiger partial charge in [0.15, 0.2) is 0 Å². The number of hydrogen-bond donors (Lipinski definition) is 2. The van der Waals surface area contributed by atoms with Crippen molar-refractivity contribution in [2.24, 2.45) is 0 Å². The summed E-state index contributed by atoms with van der Waals surface area (Å²) in [5.41, 5.74) is 8.98. The van der Waals surface area contributed by atoms with Crippen LogP contribution in [0.1, 0.15) is 10.5 Å². The topological polar surface area (TPSA) is 83.7 Å². The maximum absolute atomic E-state index is 13.1. The van der Waals surface area contributed by atoms with Crippen LogP contribution in [0.4, 0.5) is 22.9 Å². The fourth-order valence-corrected chi connectivity index (χ4v) is 3.61. The molecule has 0 saturated carbocycles. The zero-order chi connectivity index (χ0) is 20.9. The fourth-order valence-electron chi connectivity index (χ4n) is 3.61. The van der Waals surface area contributed by atoms with Crippen molar-refractivity contribution in [1.29, 1.82) is 0 Å². The van der Waals surface area contributed by atoms with Crippen molar-refractivity contribution in [3.05, 3.63) is 72.4 Å². The standard InChI is InChI=1S/C23H25N5O2/c1-30-21-10-6-5-9-19(21)25-17-15-20(26-22(24)16-17)23(29)28-13-11-27(12-14-28)18-7-3-2-4-8-18/h2-10,15-16H,11-14H2,1H3,(H3,24,25,26). The molecule has 2 heterocycles. The first-order chi connectivity index (χ1) is 14.6. The lowest BCUT2D eigenvalue weighted by atomic mass is 10.2. The number of piperazine rings is 1. The van der Waals surface area contributed by atoms with Crippen molar-refractivity contribution in [2.75, 3.05) is 49.2 Å². The molecule has 1 amide bonds. The Kier molecular flexibility index (Phi) is 5.70. The Morgan fingerprint density at radius 2 is 1.70 bits per heavy atom. The van der Waals surface area contributed by atoms with Gasteiger partial charge in [0.2, 0.25) is 0 Å². The molecule has 1 aromatic heterocycles. The SMILES string of the molecule is COc1ccccc1Nc1cc(N)nc(C(=O)N2CCN(c3ccccc3)CC2)c1. The Morgan fingerprint density at radius 3 is 2.43 bits per heavy atom. The fraction of sp³-hybridized carbons (Fsp3) is 0.217. The molecule has 30 heavy (non-hydrogen) atoms. The van der Waals surface area contributed by atoms with E-state index in [4.69, 9.17) is 10.5 Å². The van der Waals surface area contributed by atoms with Crippen LogP contribution in [0.15, 0.2) is 66.7 Å². The summed E-state index contributed by atoms with van der Waals surface area (Å²) >= 11 is 0. The summed E-state index contributed by atoms with van der Waals surface area (Å²) in [6.45, 7) is 2.84. The van der Waals surface area contributed by atoms with E-state index in [9.17, 15) is 4.79 Å².